The van der Waals surface area contributed by atoms with Crippen LogP contribution in [0.25, 0.3) is 10.9 Å². The van der Waals surface area contributed by atoms with Crippen LogP contribution in [0.15, 0.2) is 36.5 Å². The number of rotatable bonds is 4. The summed E-state index contributed by atoms with van der Waals surface area (Å²) in [4.78, 5) is 17.4. The minimum atomic E-state index is -4.65. The zero-order chi connectivity index (χ0) is 15.7. The fourth-order valence-electron chi connectivity index (χ4n) is 2.67. The summed E-state index contributed by atoms with van der Waals surface area (Å²) in [5.41, 5.74) is 1.88. The van der Waals surface area contributed by atoms with Gasteiger partial charge in [-0.05, 0) is 24.1 Å². The van der Waals surface area contributed by atoms with Crippen molar-refractivity contribution >= 4 is 27.0 Å². The lowest BCUT2D eigenvalue weighted by atomic mass is 10.1. The van der Waals surface area contributed by atoms with E-state index in [1.165, 1.54) is 4.90 Å². The molecule has 2 aromatic rings. The zero-order valence-corrected chi connectivity index (χ0v) is 12.6. The number of halogens is 1. The van der Waals surface area contributed by atoms with Crippen molar-refractivity contribution in [1.29, 1.82) is 0 Å². The Morgan fingerprint density at radius 2 is 2.14 bits per heavy atom. The second-order valence-electron chi connectivity index (χ2n) is 5.42. The third-order valence-electron chi connectivity index (χ3n) is 3.92. The molecule has 1 fully saturated rings. The fraction of sp³-hybridized carbons (Fsp3) is 0.333. The monoisotopic (exact) mass is 322 g/mol. The zero-order valence-electron chi connectivity index (χ0n) is 11.8. The predicted molar refractivity (Wildman–Crippen MR) is 80.5 cm³/mol. The molecule has 3 rings (SSSR count). The first-order valence-electron chi connectivity index (χ1n) is 6.98. The maximum Gasteiger partial charge on any atom is 0.307 e. The molecule has 7 heteroatoms. The molecule has 0 spiro atoms. The summed E-state index contributed by atoms with van der Waals surface area (Å²) < 4.78 is 34.7. The van der Waals surface area contributed by atoms with E-state index in [0.717, 1.165) is 16.5 Å². The quantitative estimate of drug-likeness (QED) is 0.803. The van der Waals surface area contributed by atoms with Crippen molar-refractivity contribution in [3.63, 3.8) is 0 Å². The van der Waals surface area contributed by atoms with Crippen molar-refractivity contribution in [2.24, 2.45) is 0 Å². The van der Waals surface area contributed by atoms with Crippen LogP contribution in [0.4, 0.5) is 3.89 Å². The van der Waals surface area contributed by atoms with Gasteiger partial charge >= 0.3 is 10.2 Å². The Bertz CT molecular complexity index is 822. The molecule has 1 aliphatic heterocycles. The SMILES string of the molecule is O=C1CC(S(=O)(=O)F)CN1CCc1ccc2cccnc2c1. The van der Waals surface area contributed by atoms with E-state index >= 15 is 0 Å². The van der Waals surface area contributed by atoms with E-state index in [1.807, 2.05) is 30.3 Å². The summed E-state index contributed by atoms with van der Waals surface area (Å²) in [5.74, 6) is -0.315. The van der Waals surface area contributed by atoms with E-state index in [-0.39, 0.29) is 18.9 Å². The highest BCUT2D eigenvalue weighted by molar-refractivity contribution is 7.87. The van der Waals surface area contributed by atoms with Gasteiger partial charge in [0.15, 0.2) is 0 Å². The lowest BCUT2D eigenvalue weighted by Gasteiger charge is -2.15. The highest BCUT2D eigenvalue weighted by atomic mass is 32.3. The number of amides is 1. The number of pyridine rings is 1. The van der Waals surface area contributed by atoms with Gasteiger partial charge in [0.05, 0.1) is 5.52 Å². The van der Waals surface area contributed by atoms with Gasteiger partial charge in [-0.15, -0.1) is 3.89 Å². The van der Waals surface area contributed by atoms with Crippen LogP contribution in [-0.4, -0.2) is 42.5 Å². The van der Waals surface area contributed by atoms with Crippen LogP contribution >= 0.6 is 0 Å². The van der Waals surface area contributed by atoms with Crippen molar-refractivity contribution in [2.75, 3.05) is 13.1 Å². The molecule has 0 aliphatic carbocycles. The van der Waals surface area contributed by atoms with Gasteiger partial charge < -0.3 is 4.90 Å². The normalized spacial score (nSPS) is 19.0. The van der Waals surface area contributed by atoms with E-state index in [1.54, 1.807) is 6.20 Å². The second-order valence-corrected chi connectivity index (χ2v) is 7.04. The number of hydrogen-bond donors (Lipinski definition) is 0. The first-order valence-corrected chi connectivity index (χ1v) is 8.43. The van der Waals surface area contributed by atoms with Crippen LogP contribution < -0.4 is 0 Å². The molecule has 0 bridgehead atoms. The molecule has 1 unspecified atom stereocenters. The van der Waals surface area contributed by atoms with Crippen molar-refractivity contribution in [3.05, 3.63) is 42.1 Å². The molecule has 116 valence electrons. The molecule has 0 N–H and O–H groups in total. The van der Waals surface area contributed by atoms with Crippen molar-refractivity contribution in [2.45, 2.75) is 18.1 Å². The van der Waals surface area contributed by atoms with E-state index < -0.39 is 15.5 Å². The Labute approximate surface area is 128 Å². The second kappa shape index (κ2) is 5.64. The first kappa shape index (κ1) is 14.9. The van der Waals surface area contributed by atoms with E-state index in [0.29, 0.717) is 13.0 Å². The minimum absolute atomic E-state index is 0.0660. The number of hydrogen-bond acceptors (Lipinski definition) is 4. The third-order valence-corrected chi connectivity index (χ3v) is 5.03. The number of carbonyl (C=O) groups excluding carboxylic acids is 1. The molecule has 0 saturated carbocycles. The summed E-state index contributed by atoms with van der Waals surface area (Å²) in [6.45, 7) is 0.312. The standard InChI is InChI=1S/C15H15FN2O3S/c16-22(20,21)13-9-15(19)18(10-13)7-5-11-3-4-12-2-1-6-17-14(12)8-11/h1-4,6,8,13H,5,7,9-10H2. The van der Waals surface area contributed by atoms with Gasteiger partial charge in [-0.2, -0.15) is 8.42 Å². The number of aromatic nitrogens is 1. The Balaban J connectivity index is 1.68. The number of nitrogens with zero attached hydrogens (tertiary/aromatic N) is 2. The Kier molecular flexibility index (Phi) is 3.82. The van der Waals surface area contributed by atoms with Crippen molar-refractivity contribution in [3.8, 4) is 0 Å². The van der Waals surface area contributed by atoms with Gasteiger partial charge in [0.1, 0.15) is 5.25 Å². The molecule has 22 heavy (non-hydrogen) atoms. The number of carbonyl (C=O) groups is 1. The number of likely N-dealkylation sites (tertiary alicyclic amines) is 1. The maximum absolute atomic E-state index is 13.0. The summed E-state index contributed by atoms with van der Waals surface area (Å²) >= 11 is 0. The Morgan fingerprint density at radius 3 is 2.86 bits per heavy atom. The maximum atomic E-state index is 13.0. The molecule has 0 radical (unpaired) electrons. The average Bonchev–Trinajstić information content (AvgIpc) is 2.86. The van der Waals surface area contributed by atoms with Gasteiger partial charge in [0.25, 0.3) is 0 Å². The van der Waals surface area contributed by atoms with Gasteiger partial charge in [-0.1, -0.05) is 18.2 Å². The van der Waals surface area contributed by atoms with Gasteiger partial charge in [0, 0.05) is 31.1 Å². The van der Waals surface area contributed by atoms with Crippen LogP contribution in [0.5, 0.6) is 0 Å². The lowest BCUT2D eigenvalue weighted by molar-refractivity contribution is -0.127. The summed E-state index contributed by atoms with van der Waals surface area (Å²) in [6, 6.07) is 9.68. The average molecular weight is 322 g/mol. The smallest absolute Gasteiger partial charge is 0.307 e. The number of fused-ring (bicyclic) bond motifs is 1. The van der Waals surface area contributed by atoms with Gasteiger partial charge in [-0.25, -0.2) is 0 Å². The third kappa shape index (κ3) is 3.09. The first-order chi connectivity index (χ1) is 10.4. The fourth-order valence-corrected chi connectivity index (χ4v) is 3.37. The molecule has 5 nitrogen and oxygen atoms in total. The highest BCUT2D eigenvalue weighted by Gasteiger charge is 2.37. The molecule has 1 aromatic heterocycles. The number of benzene rings is 1. The van der Waals surface area contributed by atoms with Crippen LogP contribution in [0, 0.1) is 0 Å². The molecular formula is C15H15FN2O3S. The van der Waals surface area contributed by atoms with Crippen LogP contribution in [0.2, 0.25) is 0 Å². The van der Waals surface area contributed by atoms with Crippen molar-refractivity contribution in [1.82, 2.24) is 9.88 Å². The van der Waals surface area contributed by atoms with Crippen LogP contribution in [0.3, 0.4) is 0 Å². The highest BCUT2D eigenvalue weighted by Crippen LogP contribution is 2.20. The molecule has 1 amide bonds. The molecule has 1 saturated heterocycles. The van der Waals surface area contributed by atoms with Gasteiger partial charge in [0.2, 0.25) is 5.91 Å². The van der Waals surface area contributed by atoms with Crippen LogP contribution in [-0.2, 0) is 21.4 Å². The van der Waals surface area contributed by atoms with E-state index in [9.17, 15) is 17.1 Å². The van der Waals surface area contributed by atoms with Gasteiger partial charge in [-0.3, -0.25) is 9.78 Å². The predicted octanol–water partition coefficient (Wildman–Crippen LogP) is 1.68. The van der Waals surface area contributed by atoms with Crippen LogP contribution in [0.1, 0.15) is 12.0 Å². The van der Waals surface area contributed by atoms with E-state index in [4.69, 9.17) is 0 Å². The van der Waals surface area contributed by atoms with Crippen molar-refractivity contribution < 1.29 is 17.1 Å². The molecular weight excluding hydrogens is 307 g/mol. The Morgan fingerprint density at radius 1 is 1.32 bits per heavy atom. The Hall–Kier alpha value is -2.02. The topological polar surface area (TPSA) is 67.3 Å². The minimum Gasteiger partial charge on any atom is -0.341 e. The van der Waals surface area contributed by atoms with E-state index in [2.05, 4.69) is 4.98 Å². The largest absolute Gasteiger partial charge is 0.341 e. The summed E-state index contributed by atoms with van der Waals surface area (Å²) in [6.07, 6.45) is 2.03. The lowest BCUT2D eigenvalue weighted by Crippen LogP contribution is -2.29. The molecule has 1 aromatic carbocycles. The molecule has 2 heterocycles. The molecule has 1 atom stereocenters. The molecule has 1 aliphatic rings. The summed E-state index contributed by atoms with van der Waals surface area (Å²) in [5, 5.41) is -0.189. The summed E-state index contributed by atoms with van der Waals surface area (Å²) in [7, 11) is -4.65.